The van der Waals surface area contributed by atoms with E-state index < -0.39 is 0 Å². The van der Waals surface area contributed by atoms with E-state index in [0.29, 0.717) is 0 Å². The van der Waals surface area contributed by atoms with Gasteiger partial charge in [-0.15, -0.1) is 0 Å². The number of carbonyl (C=O) groups excluding carboxylic acids is 2. The number of likely N-dealkylation sites (N-methyl/N-ethyl adjacent to an activating group) is 1. The molecule has 0 aliphatic heterocycles. The zero-order valence-corrected chi connectivity index (χ0v) is 14.4. The Morgan fingerprint density at radius 2 is 1.82 bits per heavy atom. The fourth-order valence-corrected chi connectivity index (χ4v) is 1.99. The van der Waals surface area contributed by atoms with Crippen molar-refractivity contribution in [2.75, 3.05) is 25.5 Å². The van der Waals surface area contributed by atoms with E-state index in [0.717, 1.165) is 16.8 Å². The quantitative estimate of drug-likeness (QED) is 0.875. The van der Waals surface area contributed by atoms with E-state index in [9.17, 15) is 9.59 Å². The fraction of sp³-hybridized carbons (Fsp3) is 0.529. The van der Waals surface area contributed by atoms with Gasteiger partial charge in [0, 0.05) is 18.3 Å². The minimum absolute atomic E-state index is 0.0601. The minimum Gasteiger partial charge on any atom is -0.376 e. The summed E-state index contributed by atoms with van der Waals surface area (Å²) in [5.74, 6) is -0.278. The molecule has 0 aromatic heterocycles. The monoisotopic (exact) mass is 305 g/mol. The number of nitrogens with one attached hydrogen (secondary N) is 2. The summed E-state index contributed by atoms with van der Waals surface area (Å²) in [7, 11) is 1.63. The first-order valence-electron chi connectivity index (χ1n) is 7.44. The van der Waals surface area contributed by atoms with Crippen LogP contribution in [0.4, 0.5) is 5.69 Å². The third-order valence-corrected chi connectivity index (χ3v) is 3.14. The molecule has 0 unspecified atom stereocenters. The van der Waals surface area contributed by atoms with Crippen LogP contribution in [0.3, 0.4) is 0 Å². The molecule has 0 atom stereocenters. The maximum Gasteiger partial charge on any atom is 0.242 e. The van der Waals surface area contributed by atoms with Gasteiger partial charge < -0.3 is 15.5 Å². The van der Waals surface area contributed by atoms with E-state index in [1.54, 1.807) is 7.05 Å². The van der Waals surface area contributed by atoms with Crippen molar-refractivity contribution >= 4 is 17.5 Å². The van der Waals surface area contributed by atoms with Crippen molar-refractivity contribution in [1.29, 1.82) is 0 Å². The molecule has 0 bridgehead atoms. The molecule has 0 spiro atoms. The lowest BCUT2D eigenvalue weighted by Gasteiger charge is -2.23. The van der Waals surface area contributed by atoms with E-state index in [2.05, 4.69) is 10.6 Å². The average Bonchev–Trinajstić information content (AvgIpc) is 2.37. The van der Waals surface area contributed by atoms with Gasteiger partial charge in [0.15, 0.2) is 0 Å². The number of rotatable bonds is 5. The summed E-state index contributed by atoms with van der Waals surface area (Å²) in [5, 5.41) is 5.98. The molecule has 5 heteroatoms. The van der Waals surface area contributed by atoms with Gasteiger partial charge in [-0.25, -0.2) is 0 Å². The smallest absolute Gasteiger partial charge is 0.242 e. The number of amides is 2. The topological polar surface area (TPSA) is 61.4 Å². The second-order valence-electron chi connectivity index (χ2n) is 6.72. The summed E-state index contributed by atoms with van der Waals surface area (Å²) in [6.07, 6.45) is 0. The lowest BCUT2D eigenvalue weighted by atomic mass is 10.1. The van der Waals surface area contributed by atoms with E-state index in [-0.39, 0.29) is 30.4 Å². The third kappa shape index (κ3) is 6.16. The fourth-order valence-electron chi connectivity index (χ4n) is 1.99. The second kappa shape index (κ2) is 7.29. The zero-order valence-electron chi connectivity index (χ0n) is 14.4. The number of hydrogen-bond acceptors (Lipinski definition) is 3. The molecule has 2 N–H and O–H groups in total. The molecule has 5 nitrogen and oxygen atoms in total. The van der Waals surface area contributed by atoms with Gasteiger partial charge in [0.25, 0.3) is 0 Å². The summed E-state index contributed by atoms with van der Waals surface area (Å²) in [4.78, 5) is 25.3. The summed E-state index contributed by atoms with van der Waals surface area (Å²) in [6.45, 7) is 9.97. The van der Waals surface area contributed by atoms with Gasteiger partial charge in [-0.2, -0.15) is 0 Å². The van der Waals surface area contributed by atoms with Crippen LogP contribution < -0.4 is 10.6 Å². The summed E-state index contributed by atoms with van der Waals surface area (Å²) in [6, 6.07) is 6.06. The van der Waals surface area contributed by atoms with Crippen molar-refractivity contribution in [2.45, 2.75) is 40.2 Å². The highest BCUT2D eigenvalue weighted by Gasteiger charge is 2.17. The molecule has 0 saturated carbocycles. The average molecular weight is 305 g/mol. The van der Waals surface area contributed by atoms with E-state index >= 15 is 0 Å². The Morgan fingerprint density at radius 1 is 1.18 bits per heavy atom. The summed E-state index contributed by atoms with van der Waals surface area (Å²) in [5.41, 5.74) is 2.88. The molecule has 0 aliphatic carbocycles. The Morgan fingerprint density at radius 3 is 2.41 bits per heavy atom. The highest BCUT2D eigenvalue weighted by Crippen LogP contribution is 2.15. The Kier molecular flexibility index (Phi) is 5.97. The molecule has 122 valence electrons. The van der Waals surface area contributed by atoms with E-state index in [4.69, 9.17) is 0 Å². The molecular formula is C17H27N3O2. The maximum absolute atomic E-state index is 12.1. The van der Waals surface area contributed by atoms with Crippen LogP contribution in [-0.4, -0.2) is 42.4 Å². The first-order valence-corrected chi connectivity index (χ1v) is 7.44. The highest BCUT2D eigenvalue weighted by atomic mass is 16.2. The first kappa shape index (κ1) is 18.0. The standard InChI is InChI=1S/C17H27N3O2/c1-12-7-8-13(2)14(9-12)18-10-16(22)20(6)11-15(21)19-17(3,4)5/h7-9,18H,10-11H2,1-6H3,(H,19,21). The predicted octanol–water partition coefficient (Wildman–Crippen LogP) is 2.09. The number of aryl methyl sites for hydroxylation is 2. The normalized spacial score (nSPS) is 11.0. The lowest BCUT2D eigenvalue weighted by molar-refractivity contribution is -0.133. The van der Waals surface area contributed by atoms with Gasteiger partial charge in [-0.3, -0.25) is 9.59 Å². The molecule has 22 heavy (non-hydrogen) atoms. The van der Waals surface area contributed by atoms with E-state index in [1.807, 2.05) is 52.8 Å². The van der Waals surface area contributed by atoms with Gasteiger partial charge in [0.05, 0.1) is 13.1 Å². The number of anilines is 1. The van der Waals surface area contributed by atoms with Crippen LogP contribution in [0.15, 0.2) is 18.2 Å². The summed E-state index contributed by atoms with van der Waals surface area (Å²) < 4.78 is 0. The van der Waals surface area contributed by atoms with Crippen LogP contribution in [0.25, 0.3) is 0 Å². The number of nitrogens with zero attached hydrogens (tertiary/aromatic N) is 1. The zero-order chi connectivity index (χ0) is 16.9. The van der Waals surface area contributed by atoms with Gasteiger partial charge >= 0.3 is 0 Å². The molecule has 1 aromatic rings. The molecule has 0 fully saturated rings. The van der Waals surface area contributed by atoms with Gasteiger partial charge in [0.2, 0.25) is 11.8 Å². The van der Waals surface area contributed by atoms with Crippen molar-refractivity contribution in [3.05, 3.63) is 29.3 Å². The van der Waals surface area contributed by atoms with Crippen molar-refractivity contribution in [2.24, 2.45) is 0 Å². The van der Waals surface area contributed by atoms with Crippen LogP contribution in [0, 0.1) is 13.8 Å². The van der Waals surface area contributed by atoms with Gasteiger partial charge in [-0.1, -0.05) is 12.1 Å². The van der Waals surface area contributed by atoms with Crippen LogP contribution in [0.1, 0.15) is 31.9 Å². The molecule has 1 aromatic carbocycles. The van der Waals surface area contributed by atoms with Crippen LogP contribution in [-0.2, 0) is 9.59 Å². The second-order valence-corrected chi connectivity index (χ2v) is 6.72. The molecule has 0 radical (unpaired) electrons. The predicted molar refractivity (Wildman–Crippen MR) is 89.9 cm³/mol. The van der Waals surface area contributed by atoms with Crippen molar-refractivity contribution < 1.29 is 9.59 Å². The van der Waals surface area contributed by atoms with Crippen molar-refractivity contribution in [1.82, 2.24) is 10.2 Å². The van der Waals surface area contributed by atoms with Crippen molar-refractivity contribution in [3.63, 3.8) is 0 Å². The Hall–Kier alpha value is -2.04. The third-order valence-electron chi connectivity index (χ3n) is 3.14. The number of carbonyl (C=O) groups is 2. The molecule has 2 amide bonds. The number of hydrogen-bond donors (Lipinski definition) is 2. The lowest BCUT2D eigenvalue weighted by Crippen LogP contribution is -2.47. The Balaban J connectivity index is 2.51. The largest absolute Gasteiger partial charge is 0.376 e. The Bertz CT molecular complexity index is 547. The van der Waals surface area contributed by atoms with Crippen LogP contribution in [0.2, 0.25) is 0 Å². The minimum atomic E-state index is -0.294. The molecule has 0 aliphatic rings. The maximum atomic E-state index is 12.1. The summed E-state index contributed by atoms with van der Waals surface area (Å²) >= 11 is 0. The SMILES string of the molecule is Cc1ccc(C)c(NCC(=O)N(C)CC(=O)NC(C)(C)C)c1. The molecule has 0 heterocycles. The molecular weight excluding hydrogens is 278 g/mol. The number of benzene rings is 1. The van der Waals surface area contributed by atoms with Gasteiger partial charge in [0.1, 0.15) is 0 Å². The van der Waals surface area contributed by atoms with Crippen LogP contribution in [0.5, 0.6) is 0 Å². The van der Waals surface area contributed by atoms with Crippen LogP contribution >= 0.6 is 0 Å². The highest BCUT2D eigenvalue weighted by molar-refractivity contribution is 5.87. The first-order chi connectivity index (χ1) is 10.1. The van der Waals surface area contributed by atoms with Gasteiger partial charge in [-0.05, 0) is 51.8 Å². The van der Waals surface area contributed by atoms with E-state index in [1.165, 1.54) is 4.90 Å². The van der Waals surface area contributed by atoms with Crippen molar-refractivity contribution in [3.8, 4) is 0 Å². The Labute approximate surface area is 133 Å². The molecule has 1 rings (SSSR count). The molecule has 0 saturated heterocycles.